The van der Waals surface area contributed by atoms with Crippen molar-refractivity contribution in [2.45, 2.75) is 6.42 Å². The molecule has 1 aromatic heterocycles. The van der Waals surface area contributed by atoms with Crippen molar-refractivity contribution in [2.24, 2.45) is 0 Å². The van der Waals surface area contributed by atoms with Gasteiger partial charge in [-0.3, -0.25) is 0 Å². The molecule has 0 spiro atoms. The van der Waals surface area contributed by atoms with Crippen LogP contribution in [-0.4, -0.2) is 0 Å². The third-order valence-corrected chi connectivity index (χ3v) is 10.3. The van der Waals surface area contributed by atoms with Crippen LogP contribution in [-0.2, 0) is 6.42 Å². The van der Waals surface area contributed by atoms with Gasteiger partial charge in [-0.25, -0.2) is 0 Å². The summed E-state index contributed by atoms with van der Waals surface area (Å²) < 4.78 is 6.36. The van der Waals surface area contributed by atoms with Crippen LogP contribution in [0.5, 0.6) is 0 Å². The van der Waals surface area contributed by atoms with E-state index >= 15 is 0 Å². The van der Waals surface area contributed by atoms with Crippen molar-refractivity contribution in [1.29, 1.82) is 0 Å². The summed E-state index contributed by atoms with van der Waals surface area (Å²) in [6.45, 7) is 0. The van der Waals surface area contributed by atoms with Crippen molar-refractivity contribution >= 4 is 39.0 Å². The van der Waals surface area contributed by atoms with E-state index in [9.17, 15) is 0 Å². The normalized spacial score (nSPS) is 11.8. The van der Waals surface area contributed by atoms with Gasteiger partial charge in [0.1, 0.15) is 11.2 Å². The summed E-state index contributed by atoms with van der Waals surface area (Å²) in [5.41, 5.74) is 17.6. The topological polar surface area (TPSA) is 16.4 Å². The zero-order valence-corrected chi connectivity index (χ0v) is 28.0. The fraction of sp³-hybridized carbons (Fsp3) is 0.0204. The van der Waals surface area contributed by atoms with Gasteiger partial charge >= 0.3 is 0 Å². The van der Waals surface area contributed by atoms with Crippen LogP contribution >= 0.6 is 0 Å². The summed E-state index contributed by atoms with van der Waals surface area (Å²) in [5.74, 6) is 0. The average Bonchev–Trinajstić information content (AvgIpc) is 3.76. The lowest BCUT2D eigenvalue weighted by molar-refractivity contribution is 0.669. The molecule has 0 radical (unpaired) electrons. The number of furan rings is 1. The predicted molar refractivity (Wildman–Crippen MR) is 213 cm³/mol. The van der Waals surface area contributed by atoms with E-state index in [1.807, 2.05) is 0 Å². The maximum absolute atomic E-state index is 6.36. The molecule has 2 heteroatoms. The minimum absolute atomic E-state index is 0.891. The van der Waals surface area contributed by atoms with Crippen LogP contribution < -0.4 is 4.90 Å². The Hall–Kier alpha value is -6.64. The van der Waals surface area contributed by atoms with E-state index in [2.05, 4.69) is 193 Å². The Labute approximate surface area is 297 Å². The highest BCUT2D eigenvalue weighted by Crippen LogP contribution is 2.46. The highest BCUT2D eigenvalue weighted by molar-refractivity contribution is 6.08. The molecule has 240 valence electrons. The van der Waals surface area contributed by atoms with Gasteiger partial charge in [0.2, 0.25) is 0 Å². The molecule has 0 saturated heterocycles. The fourth-order valence-corrected chi connectivity index (χ4v) is 7.82. The minimum atomic E-state index is 0.891. The lowest BCUT2D eigenvalue weighted by Gasteiger charge is -2.29. The zero-order valence-electron chi connectivity index (χ0n) is 28.0. The Morgan fingerprint density at radius 3 is 1.69 bits per heavy atom. The van der Waals surface area contributed by atoms with Crippen molar-refractivity contribution < 1.29 is 4.42 Å². The van der Waals surface area contributed by atoms with Crippen LogP contribution in [0.1, 0.15) is 11.1 Å². The molecule has 0 bridgehead atoms. The molecule has 51 heavy (non-hydrogen) atoms. The van der Waals surface area contributed by atoms with Crippen molar-refractivity contribution in [1.82, 2.24) is 0 Å². The first-order valence-corrected chi connectivity index (χ1v) is 17.5. The average molecular weight is 652 g/mol. The molecule has 9 aromatic rings. The Kier molecular flexibility index (Phi) is 6.92. The van der Waals surface area contributed by atoms with E-state index in [4.69, 9.17) is 4.42 Å². The van der Waals surface area contributed by atoms with E-state index in [1.54, 1.807) is 0 Å². The summed E-state index contributed by atoms with van der Waals surface area (Å²) in [4.78, 5) is 2.43. The zero-order chi connectivity index (χ0) is 33.7. The highest BCUT2D eigenvalue weighted by Gasteiger charge is 2.23. The summed E-state index contributed by atoms with van der Waals surface area (Å²) in [5, 5.41) is 2.24. The predicted octanol–water partition coefficient (Wildman–Crippen LogP) is 13.6. The second kappa shape index (κ2) is 12.0. The highest BCUT2D eigenvalue weighted by atomic mass is 16.3. The van der Waals surface area contributed by atoms with Crippen molar-refractivity contribution in [3.05, 3.63) is 199 Å². The number of fused-ring (bicyclic) bond motifs is 6. The Balaban J connectivity index is 1.14. The van der Waals surface area contributed by atoms with Crippen molar-refractivity contribution in [3.63, 3.8) is 0 Å². The maximum atomic E-state index is 6.36. The Bertz CT molecular complexity index is 2720. The molecule has 0 fully saturated rings. The van der Waals surface area contributed by atoms with Gasteiger partial charge in [-0.1, -0.05) is 133 Å². The van der Waals surface area contributed by atoms with Gasteiger partial charge in [0.15, 0.2) is 0 Å². The molecule has 1 aliphatic carbocycles. The van der Waals surface area contributed by atoms with Gasteiger partial charge in [0.25, 0.3) is 0 Å². The largest absolute Gasteiger partial charge is 0.456 e. The second-order valence-corrected chi connectivity index (χ2v) is 13.3. The number of benzene rings is 8. The molecule has 0 saturated carbocycles. The molecule has 0 amide bonds. The summed E-state index contributed by atoms with van der Waals surface area (Å²) in [6, 6.07) is 67.7. The fourth-order valence-electron chi connectivity index (χ4n) is 7.82. The third kappa shape index (κ3) is 5.12. The number of para-hydroxylation sites is 1. The minimum Gasteiger partial charge on any atom is -0.456 e. The van der Waals surface area contributed by atoms with Crippen LogP contribution in [0.4, 0.5) is 17.1 Å². The SMILES string of the molecule is c1ccc(-c2cccc(N(c3ccc4c(c3)Cc3ccccc3-4)c3ccccc3-c3ccc4oc5ccc(-c6ccccc6)cc5c4c3)c2)cc1. The van der Waals surface area contributed by atoms with Crippen LogP contribution in [0, 0.1) is 0 Å². The van der Waals surface area contributed by atoms with Crippen LogP contribution in [0.2, 0.25) is 0 Å². The molecule has 0 atom stereocenters. The second-order valence-electron chi connectivity index (χ2n) is 13.3. The van der Waals surface area contributed by atoms with Gasteiger partial charge in [-0.15, -0.1) is 0 Å². The van der Waals surface area contributed by atoms with Crippen LogP contribution in [0.3, 0.4) is 0 Å². The van der Waals surface area contributed by atoms with Gasteiger partial charge in [-0.05, 0) is 111 Å². The van der Waals surface area contributed by atoms with Gasteiger partial charge < -0.3 is 9.32 Å². The standard InChI is InChI=1S/C49H33NO/c1-3-12-33(13-4-1)35-17-11-18-40(29-35)50(41-24-25-43-39(30-41)28-37-16-7-8-19-42(37)43)47-21-10-9-20-44(47)38-23-27-49-46(32-38)45-31-36(22-26-48(45)51-49)34-14-5-2-6-15-34/h1-27,29-32H,28H2. The molecule has 2 nitrogen and oxygen atoms in total. The lowest BCUT2D eigenvalue weighted by Crippen LogP contribution is -2.11. The van der Waals surface area contributed by atoms with Gasteiger partial charge in [0, 0.05) is 27.7 Å². The number of hydrogen-bond acceptors (Lipinski definition) is 2. The van der Waals surface area contributed by atoms with Crippen LogP contribution in [0.15, 0.2) is 192 Å². The Morgan fingerprint density at radius 1 is 0.353 bits per heavy atom. The third-order valence-electron chi connectivity index (χ3n) is 10.3. The first-order valence-electron chi connectivity index (χ1n) is 17.5. The Morgan fingerprint density at radius 2 is 0.922 bits per heavy atom. The number of nitrogens with zero attached hydrogens (tertiary/aromatic N) is 1. The summed E-state index contributed by atoms with van der Waals surface area (Å²) in [7, 11) is 0. The molecule has 0 N–H and O–H groups in total. The first kappa shape index (κ1) is 29.3. The number of hydrogen-bond donors (Lipinski definition) is 0. The van der Waals surface area contributed by atoms with Crippen LogP contribution in [0.25, 0.3) is 66.4 Å². The van der Waals surface area contributed by atoms with E-state index in [1.165, 1.54) is 44.5 Å². The van der Waals surface area contributed by atoms with E-state index in [-0.39, 0.29) is 0 Å². The summed E-state index contributed by atoms with van der Waals surface area (Å²) >= 11 is 0. The molecule has 8 aromatic carbocycles. The van der Waals surface area contributed by atoms with E-state index in [0.717, 1.165) is 56.5 Å². The monoisotopic (exact) mass is 651 g/mol. The molecular weight excluding hydrogens is 619 g/mol. The van der Waals surface area contributed by atoms with E-state index in [0.29, 0.717) is 0 Å². The smallest absolute Gasteiger partial charge is 0.135 e. The molecule has 1 heterocycles. The molecule has 10 rings (SSSR count). The summed E-state index contributed by atoms with van der Waals surface area (Å²) in [6.07, 6.45) is 0.939. The van der Waals surface area contributed by atoms with Crippen molar-refractivity contribution in [3.8, 4) is 44.5 Å². The number of rotatable bonds is 6. The number of anilines is 3. The molecule has 0 aliphatic heterocycles. The first-order chi connectivity index (χ1) is 25.3. The maximum Gasteiger partial charge on any atom is 0.135 e. The quantitative estimate of drug-likeness (QED) is 0.178. The van der Waals surface area contributed by atoms with Crippen molar-refractivity contribution in [2.75, 3.05) is 4.90 Å². The van der Waals surface area contributed by atoms with Gasteiger partial charge in [0.05, 0.1) is 5.69 Å². The molecule has 1 aliphatic rings. The molecule has 0 unspecified atom stereocenters. The molecular formula is C49H33NO. The van der Waals surface area contributed by atoms with Gasteiger partial charge in [-0.2, -0.15) is 0 Å². The lowest BCUT2D eigenvalue weighted by atomic mass is 9.98. The van der Waals surface area contributed by atoms with E-state index < -0.39 is 0 Å².